The number of H-pyrrole nitrogens is 1. The summed E-state index contributed by atoms with van der Waals surface area (Å²) in [7, 11) is 0. The molecule has 8 heteroatoms. The molecule has 4 rings (SSSR count). The van der Waals surface area contributed by atoms with Gasteiger partial charge in [0.25, 0.3) is 5.91 Å². The van der Waals surface area contributed by atoms with E-state index in [0.29, 0.717) is 11.4 Å². The number of aromatic nitrogens is 4. The van der Waals surface area contributed by atoms with E-state index in [9.17, 15) is 9.59 Å². The van der Waals surface area contributed by atoms with Gasteiger partial charge in [0, 0.05) is 35.7 Å². The van der Waals surface area contributed by atoms with E-state index >= 15 is 0 Å². The SMILES string of the molecule is O=C(Cc1c[nH]c2ccccc12)NNC(=O)c1ccc(-n2ccnc2)nc1. The van der Waals surface area contributed by atoms with Crippen molar-refractivity contribution in [3.63, 3.8) is 0 Å². The Labute approximate surface area is 154 Å². The quantitative estimate of drug-likeness (QED) is 0.482. The number of carbonyl (C=O) groups excluding carboxylic acids is 2. The zero-order valence-corrected chi connectivity index (χ0v) is 14.2. The summed E-state index contributed by atoms with van der Waals surface area (Å²) in [4.78, 5) is 35.6. The monoisotopic (exact) mass is 360 g/mol. The van der Waals surface area contributed by atoms with Gasteiger partial charge in [-0.3, -0.25) is 25.0 Å². The Balaban J connectivity index is 1.35. The molecule has 134 valence electrons. The number of nitrogens with one attached hydrogen (secondary N) is 3. The second-order valence-corrected chi connectivity index (χ2v) is 5.91. The number of hydrogen-bond donors (Lipinski definition) is 3. The summed E-state index contributed by atoms with van der Waals surface area (Å²) in [6.45, 7) is 0. The van der Waals surface area contributed by atoms with E-state index in [4.69, 9.17) is 0 Å². The molecule has 0 aliphatic carbocycles. The maximum atomic E-state index is 12.2. The number of carbonyl (C=O) groups is 2. The Morgan fingerprint density at radius 3 is 2.78 bits per heavy atom. The highest BCUT2D eigenvalue weighted by Crippen LogP contribution is 2.17. The van der Waals surface area contributed by atoms with Crippen LogP contribution >= 0.6 is 0 Å². The molecule has 1 aromatic carbocycles. The summed E-state index contributed by atoms with van der Waals surface area (Å²) in [5.41, 5.74) is 7.01. The third-order valence-electron chi connectivity index (χ3n) is 4.12. The third-order valence-corrected chi connectivity index (χ3v) is 4.12. The smallest absolute Gasteiger partial charge is 0.271 e. The fraction of sp³-hybridized carbons (Fsp3) is 0.0526. The van der Waals surface area contributed by atoms with Crippen molar-refractivity contribution < 1.29 is 9.59 Å². The van der Waals surface area contributed by atoms with E-state index < -0.39 is 5.91 Å². The lowest BCUT2D eigenvalue weighted by Gasteiger charge is -2.08. The fourth-order valence-electron chi connectivity index (χ4n) is 2.76. The summed E-state index contributed by atoms with van der Waals surface area (Å²) < 4.78 is 1.73. The van der Waals surface area contributed by atoms with Crippen LogP contribution in [0.25, 0.3) is 16.7 Å². The molecule has 3 aromatic heterocycles. The van der Waals surface area contributed by atoms with Crippen molar-refractivity contribution in [3.05, 3.63) is 78.6 Å². The Kier molecular flexibility index (Phi) is 4.36. The van der Waals surface area contributed by atoms with Crippen molar-refractivity contribution in [1.29, 1.82) is 0 Å². The molecular weight excluding hydrogens is 344 g/mol. The lowest BCUT2D eigenvalue weighted by Crippen LogP contribution is -2.42. The molecule has 0 saturated carbocycles. The first-order valence-electron chi connectivity index (χ1n) is 8.29. The molecule has 8 nitrogen and oxygen atoms in total. The van der Waals surface area contributed by atoms with Crippen LogP contribution < -0.4 is 10.9 Å². The van der Waals surface area contributed by atoms with Crippen LogP contribution in [0.1, 0.15) is 15.9 Å². The first kappa shape index (κ1) is 16.5. The number of para-hydroxylation sites is 1. The van der Waals surface area contributed by atoms with E-state index in [1.54, 1.807) is 41.6 Å². The number of rotatable bonds is 4. The molecule has 0 aliphatic rings. The maximum absolute atomic E-state index is 12.2. The molecule has 0 bridgehead atoms. The van der Waals surface area contributed by atoms with Crippen molar-refractivity contribution in [3.8, 4) is 5.82 Å². The second kappa shape index (κ2) is 7.12. The molecule has 27 heavy (non-hydrogen) atoms. The first-order valence-corrected chi connectivity index (χ1v) is 8.29. The van der Waals surface area contributed by atoms with Gasteiger partial charge in [-0.1, -0.05) is 18.2 Å². The number of benzene rings is 1. The van der Waals surface area contributed by atoms with Gasteiger partial charge >= 0.3 is 0 Å². The highest BCUT2D eigenvalue weighted by atomic mass is 16.2. The van der Waals surface area contributed by atoms with Crippen LogP contribution in [0.15, 0.2) is 67.5 Å². The van der Waals surface area contributed by atoms with Gasteiger partial charge in [-0.15, -0.1) is 0 Å². The fourth-order valence-corrected chi connectivity index (χ4v) is 2.76. The molecule has 0 radical (unpaired) electrons. The van der Waals surface area contributed by atoms with Crippen LogP contribution in [0.3, 0.4) is 0 Å². The van der Waals surface area contributed by atoms with Gasteiger partial charge in [0.2, 0.25) is 5.91 Å². The van der Waals surface area contributed by atoms with Crippen LogP contribution in [0.4, 0.5) is 0 Å². The zero-order chi connectivity index (χ0) is 18.6. The minimum absolute atomic E-state index is 0.155. The average molecular weight is 360 g/mol. The van der Waals surface area contributed by atoms with Crippen molar-refractivity contribution >= 4 is 22.7 Å². The lowest BCUT2D eigenvalue weighted by atomic mass is 10.1. The first-order chi connectivity index (χ1) is 13.2. The summed E-state index contributed by atoms with van der Waals surface area (Å²) >= 11 is 0. The molecule has 3 N–H and O–H groups in total. The highest BCUT2D eigenvalue weighted by molar-refractivity contribution is 5.96. The predicted octanol–water partition coefficient (Wildman–Crippen LogP) is 1.75. The molecule has 0 aliphatic heterocycles. The molecule has 0 atom stereocenters. The standard InChI is InChI=1S/C19H16N6O2/c26-18(9-14-11-21-16-4-2-1-3-15(14)16)23-24-19(27)13-5-6-17(22-10-13)25-8-7-20-12-25/h1-8,10-12,21H,9H2,(H,23,26)(H,24,27). The number of fused-ring (bicyclic) bond motifs is 1. The average Bonchev–Trinajstić information content (AvgIpc) is 3.37. The van der Waals surface area contributed by atoms with Gasteiger partial charge in [-0.2, -0.15) is 0 Å². The normalized spacial score (nSPS) is 10.7. The van der Waals surface area contributed by atoms with E-state index in [0.717, 1.165) is 16.5 Å². The minimum atomic E-state index is -0.438. The van der Waals surface area contributed by atoms with Gasteiger partial charge in [-0.25, -0.2) is 9.97 Å². The molecule has 0 unspecified atom stereocenters. The Bertz CT molecular complexity index is 1080. The van der Waals surface area contributed by atoms with Gasteiger partial charge in [-0.05, 0) is 23.8 Å². The highest BCUT2D eigenvalue weighted by Gasteiger charge is 2.11. The summed E-state index contributed by atoms with van der Waals surface area (Å²) in [6, 6.07) is 11.1. The maximum Gasteiger partial charge on any atom is 0.271 e. The van der Waals surface area contributed by atoms with Crippen LogP contribution in [0.5, 0.6) is 0 Å². The number of imidazole rings is 1. The zero-order valence-electron chi connectivity index (χ0n) is 14.2. The van der Waals surface area contributed by atoms with Crippen LogP contribution in [-0.2, 0) is 11.2 Å². The number of aromatic amines is 1. The van der Waals surface area contributed by atoms with Crippen molar-refractivity contribution in [1.82, 2.24) is 30.4 Å². The van der Waals surface area contributed by atoms with E-state index in [1.807, 2.05) is 24.3 Å². The lowest BCUT2D eigenvalue weighted by molar-refractivity contribution is -0.121. The minimum Gasteiger partial charge on any atom is -0.361 e. The summed E-state index contributed by atoms with van der Waals surface area (Å²) in [6.07, 6.45) is 8.41. The van der Waals surface area contributed by atoms with Gasteiger partial charge in [0.1, 0.15) is 12.1 Å². The second-order valence-electron chi connectivity index (χ2n) is 5.91. The number of pyridine rings is 1. The molecule has 2 amide bonds. The number of hydrazine groups is 1. The van der Waals surface area contributed by atoms with Crippen LogP contribution in [0, 0.1) is 0 Å². The summed E-state index contributed by atoms with van der Waals surface area (Å²) in [5.74, 6) is -0.101. The van der Waals surface area contributed by atoms with Crippen LogP contribution in [-0.4, -0.2) is 31.3 Å². The van der Waals surface area contributed by atoms with E-state index in [-0.39, 0.29) is 12.3 Å². The number of hydrogen-bond acceptors (Lipinski definition) is 4. The predicted molar refractivity (Wildman–Crippen MR) is 99.0 cm³/mol. The van der Waals surface area contributed by atoms with Gasteiger partial charge < -0.3 is 4.98 Å². The van der Waals surface area contributed by atoms with E-state index in [2.05, 4.69) is 25.8 Å². The Morgan fingerprint density at radius 2 is 2.00 bits per heavy atom. The molecule has 3 heterocycles. The van der Waals surface area contributed by atoms with Crippen LogP contribution in [0.2, 0.25) is 0 Å². The third kappa shape index (κ3) is 3.54. The molecule has 0 spiro atoms. The van der Waals surface area contributed by atoms with E-state index in [1.165, 1.54) is 6.20 Å². The molecule has 0 saturated heterocycles. The largest absolute Gasteiger partial charge is 0.361 e. The molecule has 4 aromatic rings. The Morgan fingerprint density at radius 1 is 1.11 bits per heavy atom. The van der Waals surface area contributed by atoms with Crippen molar-refractivity contribution in [2.75, 3.05) is 0 Å². The number of amides is 2. The Hall–Kier alpha value is -3.94. The molecule has 0 fully saturated rings. The number of nitrogens with zero attached hydrogens (tertiary/aromatic N) is 3. The van der Waals surface area contributed by atoms with Gasteiger partial charge in [0.15, 0.2) is 0 Å². The topological polar surface area (TPSA) is 105 Å². The van der Waals surface area contributed by atoms with Gasteiger partial charge in [0.05, 0.1) is 12.0 Å². The summed E-state index contributed by atoms with van der Waals surface area (Å²) in [5, 5.41) is 0.985. The van der Waals surface area contributed by atoms with Crippen molar-refractivity contribution in [2.24, 2.45) is 0 Å². The van der Waals surface area contributed by atoms with Crippen molar-refractivity contribution in [2.45, 2.75) is 6.42 Å². The molecular formula is C19H16N6O2.